The maximum absolute atomic E-state index is 13.3. The van der Waals surface area contributed by atoms with Crippen molar-refractivity contribution >= 4 is 56.1 Å². The summed E-state index contributed by atoms with van der Waals surface area (Å²) >= 11 is 3.35. The molecular formula is C34H25BrN2O5. The van der Waals surface area contributed by atoms with Gasteiger partial charge in [-0.15, -0.1) is 0 Å². The number of halogens is 1. The van der Waals surface area contributed by atoms with Crippen LogP contribution in [0.3, 0.4) is 0 Å². The van der Waals surface area contributed by atoms with Crippen LogP contribution in [-0.2, 0) is 14.3 Å². The molecule has 7 rings (SSSR count). The van der Waals surface area contributed by atoms with Crippen LogP contribution in [0.2, 0.25) is 0 Å². The summed E-state index contributed by atoms with van der Waals surface area (Å²) in [7, 11) is 0. The first kappa shape index (κ1) is 26.5. The van der Waals surface area contributed by atoms with E-state index in [0.717, 1.165) is 16.5 Å². The van der Waals surface area contributed by atoms with Crippen LogP contribution in [0.25, 0.3) is 22.2 Å². The van der Waals surface area contributed by atoms with E-state index < -0.39 is 12.6 Å². The molecule has 1 aliphatic heterocycles. The number of pyridine rings is 1. The molecule has 2 fully saturated rings. The number of ketones is 1. The fraction of sp³-hybridized carbons (Fsp3) is 0.206. The number of aryl methyl sites for hydroxylation is 1. The number of amides is 2. The summed E-state index contributed by atoms with van der Waals surface area (Å²) in [5.41, 5.74) is 4.08. The zero-order chi connectivity index (χ0) is 29.1. The number of aromatic nitrogens is 1. The molecule has 1 saturated heterocycles. The van der Waals surface area contributed by atoms with Gasteiger partial charge in [0, 0.05) is 21.0 Å². The lowest BCUT2D eigenvalue weighted by atomic mass is 9.85. The first-order valence-corrected chi connectivity index (χ1v) is 14.6. The number of imide groups is 1. The highest BCUT2D eigenvalue weighted by Crippen LogP contribution is 2.53. The number of ether oxygens (including phenoxy) is 1. The Kier molecular flexibility index (Phi) is 6.39. The number of allylic oxidation sites excluding steroid dienone is 2. The van der Waals surface area contributed by atoms with Gasteiger partial charge in [-0.25, -0.2) is 9.78 Å². The van der Waals surface area contributed by atoms with E-state index in [2.05, 4.69) is 28.1 Å². The van der Waals surface area contributed by atoms with Gasteiger partial charge in [-0.1, -0.05) is 64.0 Å². The quantitative estimate of drug-likeness (QED) is 0.108. The van der Waals surface area contributed by atoms with E-state index in [1.54, 1.807) is 54.6 Å². The van der Waals surface area contributed by atoms with E-state index in [-0.39, 0.29) is 41.3 Å². The van der Waals surface area contributed by atoms with Crippen molar-refractivity contribution in [2.75, 3.05) is 11.5 Å². The van der Waals surface area contributed by atoms with E-state index >= 15 is 0 Å². The molecule has 1 saturated carbocycles. The minimum atomic E-state index is -0.626. The van der Waals surface area contributed by atoms with Gasteiger partial charge in [-0.05, 0) is 67.6 Å². The van der Waals surface area contributed by atoms with Gasteiger partial charge >= 0.3 is 5.97 Å². The number of Topliss-reactive ketones (excluding diaryl/α,β-unsaturated/α-hetero) is 1. The van der Waals surface area contributed by atoms with Gasteiger partial charge in [0.2, 0.25) is 11.8 Å². The van der Waals surface area contributed by atoms with E-state index in [0.29, 0.717) is 39.0 Å². The van der Waals surface area contributed by atoms with E-state index in [1.807, 2.05) is 25.1 Å². The van der Waals surface area contributed by atoms with E-state index in [9.17, 15) is 19.2 Å². The lowest BCUT2D eigenvalue weighted by Gasteiger charge is -2.17. The summed E-state index contributed by atoms with van der Waals surface area (Å²) < 4.78 is 6.32. The number of nitrogens with zero attached hydrogens (tertiary/aromatic N) is 2. The third kappa shape index (κ3) is 4.38. The molecule has 4 atom stereocenters. The number of hydrogen-bond acceptors (Lipinski definition) is 6. The minimum absolute atomic E-state index is 0.128. The summed E-state index contributed by atoms with van der Waals surface area (Å²) in [6, 6.07) is 21.2. The maximum Gasteiger partial charge on any atom is 0.339 e. The molecule has 1 aromatic heterocycles. The number of hydrogen-bond donors (Lipinski definition) is 0. The fourth-order valence-corrected chi connectivity index (χ4v) is 6.79. The van der Waals surface area contributed by atoms with Crippen LogP contribution >= 0.6 is 15.9 Å². The molecule has 2 amide bonds. The monoisotopic (exact) mass is 620 g/mol. The van der Waals surface area contributed by atoms with Crippen LogP contribution < -0.4 is 4.90 Å². The molecule has 0 N–H and O–H groups in total. The Morgan fingerprint density at radius 1 is 0.905 bits per heavy atom. The highest BCUT2D eigenvalue weighted by atomic mass is 79.9. The molecule has 3 aromatic carbocycles. The first-order valence-electron chi connectivity index (χ1n) is 13.8. The second kappa shape index (κ2) is 10.1. The predicted octanol–water partition coefficient (Wildman–Crippen LogP) is 6.32. The molecule has 208 valence electrons. The van der Waals surface area contributed by atoms with Crippen molar-refractivity contribution in [1.29, 1.82) is 0 Å². The molecule has 0 spiro atoms. The molecule has 2 aliphatic carbocycles. The Morgan fingerprint density at radius 3 is 2.24 bits per heavy atom. The second-order valence-electron chi connectivity index (χ2n) is 11.1. The summed E-state index contributed by atoms with van der Waals surface area (Å²) in [4.78, 5) is 58.5. The number of carbonyl (C=O) groups excluding carboxylic acids is 4. The van der Waals surface area contributed by atoms with Crippen LogP contribution in [0.1, 0.15) is 32.7 Å². The van der Waals surface area contributed by atoms with Crippen molar-refractivity contribution < 1.29 is 23.9 Å². The Balaban J connectivity index is 1.16. The topological polar surface area (TPSA) is 93.6 Å². The van der Waals surface area contributed by atoms with E-state index in [4.69, 9.17) is 9.72 Å². The average Bonchev–Trinajstić information content (AvgIpc) is 3.69. The Hall–Kier alpha value is -4.43. The van der Waals surface area contributed by atoms with Crippen LogP contribution in [0.5, 0.6) is 0 Å². The van der Waals surface area contributed by atoms with Crippen LogP contribution in [-0.4, -0.2) is 35.2 Å². The van der Waals surface area contributed by atoms with Crippen LogP contribution in [0.4, 0.5) is 5.69 Å². The number of rotatable bonds is 6. The van der Waals surface area contributed by atoms with Gasteiger partial charge in [-0.3, -0.25) is 19.3 Å². The third-order valence-electron chi connectivity index (χ3n) is 8.58. The first-order chi connectivity index (χ1) is 20.3. The molecule has 7 nitrogen and oxygen atoms in total. The third-order valence-corrected chi connectivity index (χ3v) is 9.10. The second-order valence-corrected chi connectivity index (χ2v) is 12.1. The van der Waals surface area contributed by atoms with Gasteiger partial charge < -0.3 is 4.74 Å². The fourth-order valence-electron chi connectivity index (χ4n) is 6.52. The molecule has 4 aromatic rings. The summed E-state index contributed by atoms with van der Waals surface area (Å²) in [5.74, 6) is -1.42. The SMILES string of the molecule is Cc1ccc2nc(-c3ccc(N4C(=O)[C@@H]5[C@H](C4=O)[C@@H]4C=C[C@H]5C4)cc3)cc(C(=O)OCC(=O)c3ccc(Br)cc3)c2c1. The number of anilines is 1. The van der Waals surface area contributed by atoms with Crippen molar-refractivity contribution in [2.24, 2.45) is 23.7 Å². The van der Waals surface area contributed by atoms with Crippen molar-refractivity contribution in [1.82, 2.24) is 4.98 Å². The van der Waals surface area contributed by atoms with Crippen molar-refractivity contribution in [2.45, 2.75) is 13.3 Å². The number of fused-ring (bicyclic) bond motifs is 6. The molecule has 2 bridgehead atoms. The van der Waals surface area contributed by atoms with Crippen LogP contribution in [0.15, 0.2) is 89.4 Å². The van der Waals surface area contributed by atoms with Crippen LogP contribution in [0, 0.1) is 30.6 Å². The van der Waals surface area contributed by atoms with Gasteiger partial charge in [-0.2, -0.15) is 0 Å². The largest absolute Gasteiger partial charge is 0.454 e. The lowest BCUT2D eigenvalue weighted by molar-refractivity contribution is -0.123. The highest BCUT2D eigenvalue weighted by Gasteiger charge is 2.59. The lowest BCUT2D eigenvalue weighted by Crippen LogP contribution is -2.32. The van der Waals surface area contributed by atoms with Crippen molar-refractivity contribution in [3.8, 4) is 11.3 Å². The van der Waals surface area contributed by atoms with Crippen molar-refractivity contribution in [3.05, 3.63) is 106 Å². The molecular weight excluding hydrogens is 596 g/mol. The number of carbonyl (C=O) groups is 4. The minimum Gasteiger partial charge on any atom is -0.454 e. The molecule has 8 heteroatoms. The standard InChI is InChI=1S/C34H25BrN2O5/c1-18-2-13-27-25(14-18)26(34(41)42-17-29(38)20-5-9-23(35)10-6-20)16-28(36-27)19-7-11-24(12-8-19)37-32(39)30-21-3-4-22(15-21)31(30)33(37)40/h2-14,16,21-22,30-31H,15,17H2,1H3/t21-,22+,30-,31+. The Morgan fingerprint density at radius 2 is 1.57 bits per heavy atom. The summed E-state index contributed by atoms with van der Waals surface area (Å²) in [6.45, 7) is 1.53. The maximum atomic E-state index is 13.3. The zero-order valence-electron chi connectivity index (χ0n) is 22.6. The summed E-state index contributed by atoms with van der Waals surface area (Å²) in [5, 5.41) is 0.625. The van der Waals surface area contributed by atoms with Gasteiger partial charge in [0.05, 0.1) is 34.3 Å². The van der Waals surface area contributed by atoms with Gasteiger partial charge in [0.25, 0.3) is 0 Å². The Bertz CT molecular complexity index is 1800. The highest BCUT2D eigenvalue weighted by molar-refractivity contribution is 9.10. The number of benzene rings is 3. The van der Waals surface area contributed by atoms with Gasteiger partial charge in [0.15, 0.2) is 12.4 Å². The van der Waals surface area contributed by atoms with Crippen molar-refractivity contribution in [3.63, 3.8) is 0 Å². The molecule has 3 aliphatic rings. The Labute approximate surface area is 250 Å². The number of esters is 1. The summed E-state index contributed by atoms with van der Waals surface area (Å²) in [6.07, 6.45) is 5.04. The molecule has 0 radical (unpaired) electrons. The normalized spacial score (nSPS) is 22.2. The predicted molar refractivity (Wildman–Crippen MR) is 161 cm³/mol. The molecule has 2 heterocycles. The van der Waals surface area contributed by atoms with Gasteiger partial charge in [0.1, 0.15) is 0 Å². The smallest absolute Gasteiger partial charge is 0.339 e. The van der Waals surface area contributed by atoms with E-state index in [1.165, 1.54) is 4.90 Å². The zero-order valence-corrected chi connectivity index (χ0v) is 24.2. The molecule has 0 unspecified atom stereocenters. The molecule has 42 heavy (non-hydrogen) atoms. The average molecular weight is 621 g/mol.